The van der Waals surface area contributed by atoms with Crippen molar-refractivity contribution in [3.05, 3.63) is 33.9 Å². The lowest BCUT2D eigenvalue weighted by atomic mass is 10.1. The molecule has 0 aliphatic rings. The van der Waals surface area contributed by atoms with E-state index < -0.39 is 0 Å². The summed E-state index contributed by atoms with van der Waals surface area (Å²) in [6.07, 6.45) is 2.15. The van der Waals surface area contributed by atoms with E-state index in [0.29, 0.717) is 0 Å². The highest BCUT2D eigenvalue weighted by atomic mass is 79.9. The standard InChI is InChI=1S/C14H18BrNO/c1-10-12(5-4-8-17-3)13-9-11(15)6-7-14(13)16(10)2/h6-7,9H,4-5,8H2,1-3H3. The van der Waals surface area contributed by atoms with Crippen molar-refractivity contribution >= 4 is 26.8 Å². The zero-order valence-electron chi connectivity index (χ0n) is 10.6. The van der Waals surface area contributed by atoms with E-state index in [-0.39, 0.29) is 0 Å². The highest BCUT2D eigenvalue weighted by Crippen LogP contribution is 2.28. The van der Waals surface area contributed by atoms with Crippen LogP contribution >= 0.6 is 15.9 Å². The second-order valence-corrected chi connectivity index (χ2v) is 5.30. The van der Waals surface area contributed by atoms with Gasteiger partial charge in [-0.05, 0) is 43.5 Å². The first-order valence-corrected chi connectivity index (χ1v) is 6.66. The summed E-state index contributed by atoms with van der Waals surface area (Å²) in [5.74, 6) is 0. The summed E-state index contributed by atoms with van der Waals surface area (Å²) in [6, 6.07) is 6.48. The van der Waals surface area contributed by atoms with Crippen molar-refractivity contribution in [1.29, 1.82) is 0 Å². The van der Waals surface area contributed by atoms with Crippen molar-refractivity contribution < 1.29 is 4.74 Å². The summed E-state index contributed by atoms with van der Waals surface area (Å²) in [6.45, 7) is 3.01. The Bertz CT molecular complexity index is 530. The highest BCUT2D eigenvalue weighted by Gasteiger charge is 2.11. The Balaban J connectivity index is 2.45. The van der Waals surface area contributed by atoms with Crippen LogP contribution in [0.25, 0.3) is 10.9 Å². The summed E-state index contributed by atoms with van der Waals surface area (Å²) >= 11 is 3.55. The molecule has 0 atom stereocenters. The van der Waals surface area contributed by atoms with Crippen LogP contribution in [0.5, 0.6) is 0 Å². The van der Waals surface area contributed by atoms with Crippen LogP contribution in [0.3, 0.4) is 0 Å². The fourth-order valence-electron chi connectivity index (χ4n) is 2.33. The maximum Gasteiger partial charge on any atom is 0.0483 e. The first-order chi connectivity index (χ1) is 8.15. The van der Waals surface area contributed by atoms with Gasteiger partial charge in [0.25, 0.3) is 0 Å². The van der Waals surface area contributed by atoms with Crippen molar-refractivity contribution in [2.75, 3.05) is 13.7 Å². The molecule has 0 bridgehead atoms. The number of nitrogens with zero attached hydrogens (tertiary/aromatic N) is 1. The second kappa shape index (κ2) is 5.23. The van der Waals surface area contributed by atoms with Crippen LogP contribution in [-0.4, -0.2) is 18.3 Å². The topological polar surface area (TPSA) is 14.2 Å². The minimum Gasteiger partial charge on any atom is -0.385 e. The summed E-state index contributed by atoms with van der Waals surface area (Å²) in [5.41, 5.74) is 4.10. The van der Waals surface area contributed by atoms with Crippen LogP contribution in [-0.2, 0) is 18.2 Å². The normalized spacial score (nSPS) is 11.3. The van der Waals surface area contributed by atoms with E-state index in [1.807, 2.05) is 0 Å². The molecule has 0 amide bonds. The minimum absolute atomic E-state index is 0.823. The van der Waals surface area contributed by atoms with Crippen LogP contribution in [0.2, 0.25) is 0 Å². The minimum atomic E-state index is 0.823. The maximum atomic E-state index is 5.13. The van der Waals surface area contributed by atoms with Gasteiger partial charge in [0.2, 0.25) is 0 Å². The van der Waals surface area contributed by atoms with Gasteiger partial charge in [0.15, 0.2) is 0 Å². The molecule has 0 aliphatic heterocycles. The van der Waals surface area contributed by atoms with E-state index in [4.69, 9.17) is 4.74 Å². The smallest absolute Gasteiger partial charge is 0.0483 e. The van der Waals surface area contributed by atoms with E-state index in [2.05, 4.69) is 52.7 Å². The summed E-state index contributed by atoms with van der Waals surface area (Å²) in [7, 11) is 3.89. The van der Waals surface area contributed by atoms with E-state index in [1.54, 1.807) is 7.11 Å². The van der Waals surface area contributed by atoms with E-state index in [0.717, 1.165) is 23.9 Å². The molecule has 17 heavy (non-hydrogen) atoms. The average Bonchev–Trinajstić information content (AvgIpc) is 2.54. The second-order valence-electron chi connectivity index (χ2n) is 4.38. The maximum absolute atomic E-state index is 5.13. The predicted octanol–water partition coefficient (Wildman–Crippen LogP) is 3.83. The third kappa shape index (κ3) is 2.40. The molecule has 2 aromatic rings. The molecule has 1 aromatic carbocycles. The third-order valence-corrected chi connectivity index (χ3v) is 3.85. The number of fused-ring (bicyclic) bond motifs is 1. The largest absolute Gasteiger partial charge is 0.385 e. The molecule has 1 heterocycles. The molecule has 2 rings (SSSR count). The van der Waals surface area contributed by atoms with Gasteiger partial charge in [0.1, 0.15) is 0 Å². The Morgan fingerprint density at radius 1 is 1.35 bits per heavy atom. The molecule has 2 nitrogen and oxygen atoms in total. The monoisotopic (exact) mass is 295 g/mol. The Morgan fingerprint density at radius 2 is 2.12 bits per heavy atom. The molecule has 0 saturated carbocycles. The average molecular weight is 296 g/mol. The molecule has 1 aromatic heterocycles. The molecule has 92 valence electrons. The van der Waals surface area contributed by atoms with Crippen LogP contribution in [0.1, 0.15) is 17.7 Å². The highest BCUT2D eigenvalue weighted by molar-refractivity contribution is 9.10. The third-order valence-electron chi connectivity index (χ3n) is 3.36. The van der Waals surface area contributed by atoms with Gasteiger partial charge in [-0.15, -0.1) is 0 Å². The number of hydrogen-bond acceptors (Lipinski definition) is 1. The molecule has 0 N–H and O–H groups in total. The Hall–Kier alpha value is -0.800. The number of aryl methyl sites for hydroxylation is 2. The van der Waals surface area contributed by atoms with Gasteiger partial charge in [-0.2, -0.15) is 0 Å². The number of aromatic nitrogens is 1. The van der Waals surface area contributed by atoms with Crippen molar-refractivity contribution in [3.63, 3.8) is 0 Å². The van der Waals surface area contributed by atoms with E-state index in [1.165, 1.54) is 22.2 Å². The Morgan fingerprint density at radius 3 is 2.82 bits per heavy atom. The van der Waals surface area contributed by atoms with Crippen LogP contribution in [0.4, 0.5) is 0 Å². The molecule has 3 heteroatoms. The van der Waals surface area contributed by atoms with E-state index in [9.17, 15) is 0 Å². The van der Waals surface area contributed by atoms with Crippen molar-refractivity contribution in [1.82, 2.24) is 4.57 Å². The zero-order chi connectivity index (χ0) is 12.4. The SMILES string of the molecule is COCCCc1c(C)n(C)c2ccc(Br)cc12. The summed E-state index contributed by atoms with van der Waals surface area (Å²) in [5, 5.41) is 1.36. The zero-order valence-corrected chi connectivity index (χ0v) is 12.2. The number of hydrogen-bond donors (Lipinski definition) is 0. The van der Waals surface area contributed by atoms with Crippen molar-refractivity contribution in [2.24, 2.45) is 7.05 Å². The fourth-order valence-corrected chi connectivity index (χ4v) is 2.69. The summed E-state index contributed by atoms with van der Waals surface area (Å²) in [4.78, 5) is 0. The van der Waals surface area contributed by atoms with Gasteiger partial charge in [-0.3, -0.25) is 0 Å². The number of benzene rings is 1. The number of rotatable bonds is 4. The molecule has 0 radical (unpaired) electrons. The lowest BCUT2D eigenvalue weighted by molar-refractivity contribution is 0.195. The molecular formula is C14H18BrNO. The van der Waals surface area contributed by atoms with Gasteiger partial charge in [-0.1, -0.05) is 15.9 Å². The number of methoxy groups -OCH3 is 1. The summed E-state index contributed by atoms with van der Waals surface area (Å²) < 4.78 is 8.54. The molecule has 0 saturated heterocycles. The van der Waals surface area contributed by atoms with Crippen LogP contribution in [0, 0.1) is 6.92 Å². The lowest BCUT2D eigenvalue weighted by Gasteiger charge is -2.02. The quantitative estimate of drug-likeness (QED) is 0.782. The van der Waals surface area contributed by atoms with Gasteiger partial charge < -0.3 is 9.30 Å². The molecule has 0 fully saturated rings. The van der Waals surface area contributed by atoms with Gasteiger partial charge in [0.05, 0.1) is 0 Å². The number of halogens is 1. The van der Waals surface area contributed by atoms with E-state index >= 15 is 0 Å². The number of ether oxygens (including phenoxy) is 1. The van der Waals surface area contributed by atoms with Crippen LogP contribution < -0.4 is 0 Å². The van der Waals surface area contributed by atoms with Gasteiger partial charge >= 0.3 is 0 Å². The molecule has 0 spiro atoms. The van der Waals surface area contributed by atoms with Crippen molar-refractivity contribution in [3.8, 4) is 0 Å². The first-order valence-electron chi connectivity index (χ1n) is 5.87. The molecule has 0 aliphatic carbocycles. The van der Waals surface area contributed by atoms with Crippen molar-refractivity contribution in [2.45, 2.75) is 19.8 Å². The van der Waals surface area contributed by atoms with Gasteiger partial charge in [0, 0.05) is 41.8 Å². The lowest BCUT2D eigenvalue weighted by Crippen LogP contribution is -1.95. The first kappa shape index (κ1) is 12.7. The Kier molecular flexibility index (Phi) is 3.89. The Labute approximate surface area is 111 Å². The van der Waals surface area contributed by atoms with Gasteiger partial charge in [-0.25, -0.2) is 0 Å². The van der Waals surface area contributed by atoms with Crippen LogP contribution in [0.15, 0.2) is 22.7 Å². The molecular weight excluding hydrogens is 278 g/mol. The molecule has 0 unspecified atom stereocenters. The predicted molar refractivity (Wildman–Crippen MR) is 75.6 cm³/mol. The fraction of sp³-hybridized carbons (Fsp3) is 0.429.